The zero-order valence-corrected chi connectivity index (χ0v) is 20.8. The third-order valence-electron chi connectivity index (χ3n) is 6.57. The van der Waals surface area contributed by atoms with Crippen LogP contribution in [0.15, 0.2) is 82.6 Å². The minimum Gasteiger partial charge on any atom is -0.480 e. The largest absolute Gasteiger partial charge is 0.480 e. The number of pyridine rings is 1. The van der Waals surface area contributed by atoms with Crippen LogP contribution in [0.2, 0.25) is 0 Å². The number of carboxylic acids is 1. The fourth-order valence-corrected chi connectivity index (χ4v) is 6.13. The van der Waals surface area contributed by atoms with Crippen molar-refractivity contribution in [3.8, 4) is 11.1 Å². The van der Waals surface area contributed by atoms with Gasteiger partial charge in [-0.25, -0.2) is 9.10 Å². The van der Waals surface area contributed by atoms with Crippen LogP contribution < -0.4 is 5.56 Å². The molecule has 4 aromatic rings. The van der Waals surface area contributed by atoms with Crippen LogP contribution in [-0.4, -0.2) is 44.8 Å². The van der Waals surface area contributed by atoms with Crippen molar-refractivity contribution in [2.75, 3.05) is 19.7 Å². The van der Waals surface area contributed by atoms with E-state index in [1.54, 1.807) is 4.31 Å². The smallest absolute Gasteiger partial charge is 0.416 e. The number of hydrogen-bond acceptors (Lipinski definition) is 5. The zero-order valence-electron chi connectivity index (χ0n) is 20.0. The van der Waals surface area contributed by atoms with Crippen molar-refractivity contribution in [3.63, 3.8) is 0 Å². The number of aliphatic hydroxyl groups excluding tert-OH is 1. The van der Waals surface area contributed by atoms with Crippen LogP contribution in [0.5, 0.6) is 0 Å². The monoisotopic (exact) mass is 540 g/mol. The fraction of sp³-hybridized carbons (Fsp3) is 0.214. The number of rotatable bonds is 6. The summed E-state index contributed by atoms with van der Waals surface area (Å²) in [6, 6.07) is 18.3. The van der Waals surface area contributed by atoms with Gasteiger partial charge >= 0.3 is 12.1 Å². The van der Waals surface area contributed by atoms with Crippen LogP contribution >= 0.6 is 11.9 Å². The van der Waals surface area contributed by atoms with Crippen LogP contribution in [0, 0.1) is 0 Å². The van der Waals surface area contributed by atoms with Crippen LogP contribution in [0.4, 0.5) is 13.2 Å². The number of nitrogens with zero attached hydrogens (tertiary/aromatic N) is 2. The summed E-state index contributed by atoms with van der Waals surface area (Å²) in [5.41, 5.74) is 0.556. The Balaban J connectivity index is 1.78. The third-order valence-corrected chi connectivity index (χ3v) is 7.73. The SMILES string of the molecule is O=C(O)C1CN(CCO)Sc2c(-c3cccc(C(F)(F)F)c3)c(Cc3cccc4ccccc34)cc(=O)n21. The van der Waals surface area contributed by atoms with Gasteiger partial charge in [0.05, 0.1) is 12.2 Å². The first-order valence-corrected chi connectivity index (χ1v) is 12.6. The highest BCUT2D eigenvalue weighted by atomic mass is 32.2. The van der Waals surface area contributed by atoms with Gasteiger partial charge in [-0.05, 0) is 58.0 Å². The Morgan fingerprint density at radius 3 is 2.47 bits per heavy atom. The van der Waals surface area contributed by atoms with E-state index in [2.05, 4.69) is 0 Å². The molecule has 3 aromatic carbocycles. The molecule has 5 rings (SSSR count). The Hall–Kier alpha value is -3.60. The number of fused-ring (bicyclic) bond motifs is 2. The summed E-state index contributed by atoms with van der Waals surface area (Å²) >= 11 is 1.07. The maximum atomic E-state index is 13.7. The van der Waals surface area contributed by atoms with Gasteiger partial charge in [0.1, 0.15) is 11.1 Å². The molecule has 1 aromatic heterocycles. The lowest BCUT2D eigenvalue weighted by Gasteiger charge is -2.34. The molecule has 6 nitrogen and oxygen atoms in total. The average Bonchev–Trinajstić information content (AvgIpc) is 2.88. The van der Waals surface area contributed by atoms with Gasteiger partial charge in [0.15, 0.2) is 0 Å². The van der Waals surface area contributed by atoms with Crippen molar-refractivity contribution in [1.29, 1.82) is 0 Å². The summed E-state index contributed by atoms with van der Waals surface area (Å²) in [5, 5.41) is 21.6. The van der Waals surface area contributed by atoms with E-state index in [1.165, 1.54) is 18.2 Å². The Morgan fingerprint density at radius 2 is 1.74 bits per heavy atom. The van der Waals surface area contributed by atoms with Crippen LogP contribution in [0.1, 0.15) is 22.7 Å². The van der Waals surface area contributed by atoms with E-state index in [4.69, 9.17) is 0 Å². The number of β-amino-alcohol motifs (C(OH)–C–C–N with tert-alkyl or cyclic N) is 1. The normalized spacial score (nSPS) is 15.9. The molecule has 1 aliphatic heterocycles. The molecule has 0 saturated heterocycles. The molecular weight excluding hydrogens is 517 g/mol. The first-order valence-electron chi connectivity index (χ1n) is 11.9. The molecule has 1 atom stereocenters. The molecule has 1 unspecified atom stereocenters. The van der Waals surface area contributed by atoms with E-state index in [0.717, 1.165) is 45.0 Å². The van der Waals surface area contributed by atoms with Crippen molar-refractivity contribution in [2.24, 2.45) is 0 Å². The van der Waals surface area contributed by atoms with Crippen molar-refractivity contribution < 1.29 is 28.2 Å². The minimum absolute atomic E-state index is 0.0435. The second-order valence-electron chi connectivity index (χ2n) is 9.01. The van der Waals surface area contributed by atoms with Crippen LogP contribution in [0.3, 0.4) is 0 Å². The van der Waals surface area contributed by atoms with Crippen molar-refractivity contribution in [2.45, 2.75) is 23.7 Å². The first kappa shape index (κ1) is 26.0. The van der Waals surface area contributed by atoms with Gasteiger partial charge in [-0.3, -0.25) is 9.36 Å². The highest BCUT2D eigenvalue weighted by Gasteiger charge is 2.36. The summed E-state index contributed by atoms with van der Waals surface area (Å²) in [4.78, 5) is 25.5. The summed E-state index contributed by atoms with van der Waals surface area (Å²) in [6.45, 7) is -0.172. The highest BCUT2D eigenvalue weighted by Crippen LogP contribution is 2.42. The quantitative estimate of drug-likeness (QED) is 0.327. The number of carboxylic acid groups (broad SMARTS) is 1. The van der Waals surface area contributed by atoms with Gasteiger partial charge in [-0.15, -0.1) is 0 Å². The molecule has 0 amide bonds. The van der Waals surface area contributed by atoms with Gasteiger partial charge in [0, 0.05) is 24.7 Å². The molecule has 0 bridgehead atoms. The van der Waals surface area contributed by atoms with Gasteiger partial charge < -0.3 is 10.2 Å². The Labute approximate surface area is 220 Å². The molecule has 0 aliphatic carbocycles. The van der Waals surface area contributed by atoms with Gasteiger partial charge in [0.25, 0.3) is 5.56 Å². The Morgan fingerprint density at radius 1 is 1.00 bits per heavy atom. The Kier molecular flexibility index (Phi) is 7.04. The van der Waals surface area contributed by atoms with Gasteiger partial charge in [-0.2, -0.15) is 13.2 Å². The maximum Gasteiger partial charge on any atom is 0.416 e. The topological polar surface area (TPSA) is 82.8 Å². The van der Waals surface area contributed by atoms with E-state index < -0.39 is 29.3 Å². The molecule has 1 aliphatic rings. The predicted octanol–water partition coefficient (Wildman–Crippen LogP) is 5.22. The molecule has 0 fully saturated rings. The maximum absolute atomic E-state index is 13.7. The second kappa shape index (κ2) is 10.3. The number of carbonyl (C=O) groups is 1. The van der Waals surface area contributed by atoms with E-state index in [9.17, 15) is 33.0 Å². The molecule has 2 N–H and O–H groups in total. The van der Waals surface area contributed by atoms with Gasteiger partial charge in [-0.1, -0.05) is 54.6 Å². The van der Waals surface area contributed by atoms with Crippen molar-refractivity contribution >= 4 is 28.7 Å². The molecule has 196 valence electrons. The fourth-order valence-electron chi connectivity index (χ4n) is 4.86. The first-order chi connectivity index (χ1) is 18.2. The lowest BCUT2D eigenvalue weighted by Crippen LogP contribution is -2.42. The number of alkyl halides is 3. The van der Waals surface area contributed by atoms with E-state index in [0.29, 0.717) is 11.1 Å². The second-order valence-corrected chi connectivity index (χ2v) is 10.1. The lowest BCUT2D eigenvalue weighted by molar-refractivity contribution is -0.141. The predicted molar refractivity (Wildman–Crippen MR) is 139 cm³/mol. The van der Waals surface area contributed by atoms with E-state index >= 15 is 0 Å². The summed E-state index contributed by atoms with van der Waals surface area (Å²) in [7, 11) is 0. The number of aliphatic hydroxyl groups is 1. The van der Waals surface area contributed by atoms with Crippen molar-refractivity contribution in [1.82, 2.24) is 8.87 Å². The Bertz CT molecular complexity index is 1580. The number of halogens is 3. The third kappa shape index (κ3) is 4.94. The van der Waals surface area contributed by atoms with E-state index in [-0.39, 0.29) is 36.7 Å². The molecule has 0 spiro atoms. The molecular formula is C28H23F3N2O4S. The van der Waals surface area contributed by atoms with E-state index in [1.807, 2.05) is 42.5 Å². The zero-order chi connectivity index (χ0) is 27.0. The molecule has 10 heteroatoms. The molecule has 0 radical (unpaired) electrons. The molecule has 2 heterocycles. The minimum atomic E-state index is -4.59. The van der Waals surface area contributed by atoms with Crippen LogP contribution in [0.25, 0.3) is 21.9 Å². The summed E-state index contributed by atoms with van der Waals surface area (Å²) in [5.74, 6) is -1.24. The van der Waals surface area contributed by atoms with Crippen molar-refractivity contribution in [3.05, 3.63) is 99.8 Å². The van der Waals surface area contributed by atoms with Crippen LogP contribution in [-0.2, 0) is 17.4 Å². The summed E-state index contributed by atoms with van der Waals surface area (Å²) < 4.78 is 43.8. The standard InChI is InChI=1S/C28H23F3N2O4S/c29-28(30,31)21-9-4-8-19(14-21)25-20(13-18-7-3-6-17-5-1-2-10-22(17)18)15-24(35)33-23(27(36)37)16-32(11-12-34)38-26(25)33/h1-10,14-15,23,34H,11-13,16H2,(H,36,37). The average molecular weight is 541 g/mol. The molecule has 38 heavy (non-hydrogen) atoms. The highest BCUT2D eigenvalue weighted by molar-refractivity contribution is 7.97. The molecule has 0 saturated carbocycles. The number of aliphatic carboxylic acids is 1. The number of aromatic nitrogens is 1. The number of benzene rings is 3. The number of hydrogen-bond donors (Lipinski definition) is 2. The lowest BCUT2D eigenvalue weighted by atomic mass is 9.93. The van der Waals surface area contributed by atoms with Gasteiger partial charge in [0.2, 0.25) is 0 Å². The summed E-state index contributed by atoms with van der Waals surface area (Å²) in [6.07, 6.45) is -4.34.